The van der Waals surface area contributed by atoms with Gasteiger partial charge in [-0.2, -0.15) is 5.10 Å². The second kappa shape index (κ2) is 7.92. The fraction of sp³-hybridized carbons (Fsp3) is 0.412. The van der Waals surface area contributed by atoms with E-state index in [9.17, 15) is 9.18 Å². The Morgan fingerprint density at radius 3 is 2.75 bits per heavy atom. The lowest BCUT2D eigenvalue weighted by Gasteiger charge is -2.09. The molecule has 0 radical (unpaired) electrons. The van der Waals surface area contributed by atoms with E-state index in [0.29, 0.717) is 19.7 Å². The monoisotopic (exact) mass is 334 g/mol. The maximum absolute atomic E-state index is 13.8. The minimum Gasteiger partial charge on any atom is -0.383 e. The molecule has 0 saturated carbocycles. The summed E-state index contributed by atoms with van der Waals surface area (Å²) in [5.74, 6) is -0.454. The van der Waals surface area contributed by atoms with Gasteiger partial charge in [0.05, 0.1) is 24.5 Å². The summed E-state index contributed by atoms with van der Waals surface area (Å²) in [5, 5.41) is 9.69. The van der Waals surface area contributed by atoms with Gasteiger partial charge in [0.25, 0.3) is 0 Å². The van der Waals surface area contributed by atoms with Gasteiger partial charge in [-0.3, -0.25) is 4.68 Å². The van der Waals surface area contributed by atoms with Crippen LogP contribution < -0.4 is 10.6 Å². The third-order valence-electron chi connectivity index (χ3n) is 3.84. The smallest absolute Gasteiger partial charge is 0.319 e. The van der Waals surface area contributed by atoms with Crippen LogP contribution in [0.1, 0.15) is 22.5 Å². The van der Waals surface area contributed by atoms with Gasteiger partial charge >= 0.3 is 6.03 Å². The van der Waals surface area contributed by atoms with Crippen molar-refractivity contribution in [1.29, 1.82) is 0 Å². The normalized spacial score (nSPS) is 10.7. The second-order valence-corrected chi connectivity index (χ2v) is 5.66. The topological polar surface area (TPSA) is 68.2 Å². The molecule has 0 fully saturated rings. The molecule has 0 aliphatic rings. The lowest BCUT2D eigenvalue weighted by molar-refractivity contribution is 0.182. The number of aromatic nitrogens is 2. The number of ether oxygens (including phenoxy) is 1. The molecule has 0 bridgehead atoms. The van der Waals surface area contributed by atoms with Crippen LogP contribution in [-0.4, -0.2) is 29.5 Å². The Morgan fingerprint density at radius 1 is 1.33 bits per heavy atom. The molecule has 2 amide bonds. The number of urea groups is 1. The number of hydrogen-bond donors (Lipinski definition) is 2. The lowest BCUT2D eigenvalue weighted by atomic mass is 10.2. The first-order valence-corrected chi connectivity index (χ1v) is 7.75. The van der Waals surface area contributed by atoms with Gasteiger partial charge in [0, 0.05) is 24.9 Å². The number of amides is 2. The highest BCUT2D eigenvalue weighted by atomic mass is 19.1. The summed E-state index contributed by atoms with van der Waals surface area (Å²) >= 11 is 0. The van der Waals surface area contributed by atoms with E-state index in [4.69, 9.17) is 4.74 Å². The Labute approximate surface area is 141 Å². The van der Waals surface area contributed by atoms with Crippen molar-refractivity contribution in [3.63, 3.8) is 0 Å². The van der Waals surface area contributed by atoms with Crippen molar-refractivity contribution in [2.24, 2.45) is 0 Å². The van der Waals surface area contributed by atoms with Crippen LogP contribution in [0.2, 0.25) is 0 Å². The number of halogens is 1. The maximum Gasteiger partial charge on any atom is 0.319 e. The molecule has 1 heterocycles. The number of rotatable bonds is 6. The molecule has 0 unspecified atom stereocenters. The highest BCUT2D eigenvalue weighted by Crippen LogP contribution is 2.16. The molecule has 0 aliphatic carbocycles. The summed E-state index contributed by atoms with van der Waals surface area (Å²) in [6.45, 7) is 7.19. The fourth-order valence-electron chi connectivity index (χ4n) is 2.44. The van der Waals surface area contributed by atoms with E-state index < -0.39 is 11.8 Å². The van der Waals surface area contributed by atoms with Crippen molar-refractivity contribution < 1.29 is 13.9 Å². The third-order valence-corrected chi connectivity index (χ3v) is 3.84. The van der Waals surface area contributed by atoms with E-state index in [-0.39, 0.29) is 5.69 Å². The molecule has 2 N–H and O–H groups in total. The molecule has 0 spiro atoms. The molecule has 24 heavy (non-hydrogen) atoms. The number of carbonyl (C=O) groups excluding carboxylic acids is 1. The predicted molar refractivity (Wildman–Crippen MR) is 90.6 cm³/mol. The summed E-state index contributed by atoms with van der Waals surface area (Å²) in [7, 11) is 1.64. The SMILES string of the molecule is COCCn1nc(C)c(CNC(=O)Nc2ccc(C)cc2F)c1C. The molecular formula is C17H23FN4O2. The quantitative estimate of drug-likeness (QED) is 0.853. The second-order valence-electron chi connectivity index (χ2n) is 5.66. The van der Waals surface area contributed by atoms with Crippen LogP contribution in [0, 0.1) is 26.6 Å². The zero-order valence-electron chi connectivity index (χ0n) is 14.4. The van der Waals surface area contributed by atoms with Crippen molar-refractivity contribution in [2.45, 2.75) is 33.9 Å². The number of aryl methyl sites for hydroxylation is 2. The van der Waals surface area contributed by atoms with E-state index in [1.807, 2.05) is 18.5 Å². The Morgan fingerprint density at radius 2 is 2.08 bits per heavy atom. The van der Waals surface area contributed by atoms with Crippen molar-refractivity contribution in [3.8, 4) is 0 Å². The minimum atomic E-state index is -0.457. The van der Waals surface area contributed by atoms with Gasteiger partial charge in [0.1, 0.15) is 5.82 Å². The first-order chi connectivity index (χ1) is 11.4. The van der Waals surface area contributed by atoms with Crippen LogP contribution in [-0.2, 0) is 17.8 Å². The Kier molecular flexibility index (Phi) is 5.92. The van der Waals surface area contributed by atoms with Crippen LogP contribution in [0.15, 0.2) is 18.2 Å². The van der Waals surface area contributed by atoms with Gasteiger partial charge in [-0.05, 0) is 38.5 Å². The first kappa shape index (κ1) is 17.9. The van der Waals surface area contributed by atoms with Crippen molar-refractivity contribution >= 4 is 11.7 Å². The van der Waals surface area contributed by atoms with Gasteiger partial charge in [-0.15, -0.1) is 0 Å². The lowest BCUT2D eigenvalue weighted by Crippen LogP contribution is -2.29. The van der Waals surface area contributed by atoms with Crippen molar-refractivity contribution in [1.82, 2.24) is 15.1 Å². The van der Waals surface area contributed by atoms with Gasteiger partial charge in [-0.25, -0.2) is 9.18 Å². The number of methoxy groups -OCH3 is 1. The molecule has 0 saturated heterocycles. The van der Waals surface area contributed by atoms with Crippen LogP contribution >= 0.6 is 0 Å². The third kappa shape index (κ3) is 4.32. The molecule has 0 atom stereocenters. The van der Waals surface area contributed by atoms with Crippen LogP contribution in [0.3, 0.4) is 0 Å². The first-order valence-electron chi connectivity index (χ1n) is 7.75. The largest absolute Gasteiger partial charge is 0.383 e. The summed E-state index contributed by atoms with van der Waals surface area (Å²) in [6, 6.07) is 4.21. The summed E-state index contributed by atoms with van der Waals surface area (Å²) in [5.41, 5.74) is 3.73. The molecule has 130 valence electrons. The molecule has 2 aromatic rings. The fourth-order valence-corrected chi connectivity index (χ4v) is 2.44. The molecule has 0 aliphatic heterocycles. The summed E-state index contributed by atoms with van der Waals surface area (Å²) in [6.07, 6.45) is 0. The van der Waals surface area contributed by atoms with E-state index in [1.54, 1.807) is 26.2 Å². The number of hydrogen-bond acceptors (Lipinski definition) is 3. The van der Waals surface area contributed by atoms with Gasteiger partial charge < -0.3 is 15.4 Å². The molecule has 2 rings (SSSR count). The number of carbonyl (C=O) groups is 1. The predicted octanol–water partition coefficient (Wildman–Crippen LogP) is 2.92. The number of anilines is 1. The van der Waals surface area contributed by atoms with Crippen LogP contribution in [0.4, 0.5) is 14.9 Å². The number of nitrogens with zero attached hydrogens (tertiary/aromatic N) is 2. The standard InChI is InChI=1S/C17H23FN4O2/c1-11-5-6-16(15(18)9-11)20-17(23)19-10-14-12(2)21-22(13(14)3)7-8-24-4/h5-6,9H,7-8,10H2,1-4H3,(H2,19,20,23). The highest BCUT2D eigenvalue weighted by Gasteiger charge is 2.13. The van der Waals surface area contributed by atoms with Crippen LogP contribution in [0.25, 0.3) is 0 Å². The summed E-state index contributed by atoms with van der Waals surface area (Å²) in [4.78, 5) is 12.0. The van der Waals surface area contributed by atoms with Crippen molar-refractivity contribution in [2.75, 3.05) is 19.0 Å². The highest BCUT2D eigenvalue weighted by molar-refractivity contribution is 5.89. The average molecular weight is 334 g/mol. The number of nitrogens with one attached hydrogen (secondary N) is 2. The van der Waals surface area contributed by atoms with Gasteiger partial charge in [0.2, 0.25) is 0 Å². The number of benzene rings is 1. The van der Waals surface area contributed by atoms with E-state index in [2.05, 4.69) is 15.7 Å². The molecule has 7 heteroatoms. The maximum atomic E-state index is 13.8. The molecule has 6 nitrogen and oxygen atoms in total. The average Bonchev–Trinajstić information content (AvgIpc) is 2.80. The Bertz CT molecular complexity index is 728. The van der Waals surface area contributed by atoms with Gasteiger partial charge in [-0.1, -0.05) is 6.07 Å². The van der Waals surface area contributed by atoms with Crippen molar-refractivity contribution in [3.05, 3.63) is 46.5 Å². The van der Waals surface area contributed by atoms with E-state index in [1.165, 1.54) is 6.07 Å². The zero-order valence-corrected chi connectivity index (χ0v) is 14.4. The zero-order chi connectivity index (χ0) is 17.7. The Balaban J connectivity index is 1.97. The summed E-state index contributed by atoms with van der Waals surface area (Å²) < 4.78 is 20.7. The minimum absolute atomic E-state index is 0.155. The van der Waals surface area contributed by atoms with E-state index in [0.717, 1.165) is 22.5 Å². The van der Waals surface area contributed by atoms with Crippen LogP contribution in [0.5, 0.6) is 0 Å². The van der Waals surface area contributed by atoms with Gasteiger partial charge in [0.15, 0.2) is 0 Å². The molecule has 1 aromatic heterocycles. The van der Waals surface area contributed by atoms with E-state index >= 15 is 0 Å². The molecular weight excluding hydrogens is 311 g/mol. The molecule has 1 aromatic carbocycles. The Hall–Kier alpha value is -2.41.